The molecule has 2 aromatic rings. The minimum absolute atomic E-state index is 0.0157. The molecule has 3 N–H and O–H groups in total. The fraction of sp³-hybridized carbons (Fsp3) is 0.667. The SMILES string of the molecule is Nc1nc(OC2CCCC2)nc2c1ncn2C1O[C@H](COF)[C@H](OF)[C@H]1O. The Morgan fingerprint density at radius 1 is 1.30 bits per heavy atom. The topological polar surface area (TPSA) is 127 Å². The van der Waals surface area contributed by atoms with Gasteiger partial charge >= 0.3 is 6.01 Å². The molecule has 2 aliphatic rings. The van der Waals surface area contributed by atoms with Gasteiger partial charge in [0.15, 0.2) is 29.3 Å². The molecule has 2 fully saturated rings. The number of aliphatic hydroxyl groups is 1. The van der Waals surface area contributed by atoms with Crippen molar-refractivity contribution in [1.82, 2.24) is 19.5 Å². The van der Waals surface area contributed by atoms with E-state index in [1.165, 1.54) is 10.9 Å². The van der Waals surface area contributed by atoms with Crippen molar-refractivity contribution in [1.29, 1.82) is 0 Å². The predicted octanol–water partition coefficient (Wildman–Crippen LogP) is 1.16. The van der Waals surface area contributed by atoms with Crippen molar-refractivity contribution < 1.29 is 33.5 Å². The average molecular weight is 387 g/mol. The van der Waals surface area contributed by atoms with Crippen LogP contribution in [0.5, 0.6) is 6.01 Å². The van der Waals surface area contributed by atoms with Crippen LogP contribution in [0.1, 0.15) is 31.9 Å². The van der Waals surface area contributed by atoms with Crippen LogP contribution in [0.3, 0.4) is 0 Å². The lowest BCUT2D eigenvalue weighted by atomic mass is 10.1. The molecule has 4 atom stereocenters. The molecular weight excluding hydrogens is 368 g/mol. The molecule has 0 radical (unpaired) electrons. The Morgan fingerprint density at radius 3 is 2.78 bits per heavy atom. The highest BCUT2D eigenvalue weighted by Crippen LogP contribution is 2.34. The highest BCUT2D eigenvalue weighted by Gasteiger charge is 2.47. The number of hydrogen-bond donors (Lipinski definition) is 2. The molecule has 1 unspecified atom stereocenters. The maximum atomic E-state index is 12.8. The second-order valence-electron chi connectivity index (χ2n) is 6.62. The summed E-state index contributed by atoms with van der Waals surface area (Å²) in [6, 6.07) is 0.0862. The standard InChI is InChI=1S/C15H19F2N5O5/c16-24-5-8-11(27-17)10(23)14(26-8)22-6-19-9-12(18)20-15(21-13(9)22)25-7-3-1-2-4-7/h6-8,10-11,14,23H,1-5H2,(H2,18,20,21)/t8-,10-,11+,14?/m1/s1. The fourth-order valence-corrected chi connectivity index (χ4v) is 3.57. The first-order valence-electron chi connectivity index (χ1n) is 8.63. The molecule has 2 aromatic heterocycles. The zero-order chi connectivity index (χ0) is 19.0. The van der Waals surface area contributed by atoms with Crippen LogP contribution in [0.2, 0.25) is 0 Å². The zero-order valence-corrected chi connectivity index (χ0v) is 14.2. The van der Waals surface area contributed by atoms with Crippen LogP contribution in [0, 0.1) is 0 Å². The van der Waals surface area contributed by atoms with E-state index in [9.17, 15) is 14.2 Å². The van der Waals surface area contributed by atoms with Gasteiger partial charge < -0.3 is 20.3 Å². The average Bonchev–Trinajstić information content (AvgIpc) is 3.35. The third-order valence-electron chi connectivity index (χ3n) is 4.92. The van der Waals surface area contributed by atoms with Crippen LogP contribution in [-0.4, -0.2) is 55.6 Å². The summed E-state index contributed by atoms with van der Waals surface area (Å²) in [6.45, 7) is -0.609. The lowest BCUT2D eigenvalue weighted by molar-refractivity contribution is -0.232. The molecule has 1 aliphatic heterocycles. The van der Waals surface area contributed by atoms with Crippen molar-refractivity contribution in [3.05, 3.63) is 6.33 Å². The summed E-state index contributed by atoms with van der Waals surface area (Å²) in [7, 11) is 0. The van der Waals surface area contributed by atoms with E-state index in [1.807, 2.05) is 0 Å². The number of aliphatic hydroxyl groups excluding tert-OH is 1. The highest BCUT2D eigenvalue weighted by molar-refractivity contribution is 5.82. The molecule has 1 saturated carbocycles. The van der Waals surface area contributed by atoms with Crippen molar-refractivity contribution >= 4 is 17.0 Å². The summed E-state index contributed by atoms with van der Waals surface area (Å²) in [4.78, 5) is 19.8. The molecule has 0 amide bonds. The number of anilines is 1. The van der Waals surface area contributed by atoms with E-state index < -0.39 is 31.1 Å². The minimum atomic E-state index is -1.46. The number of aromatic nitrogens is 4. The quantitative estimate of drug-likeness (QED) is 0.750. The first-order chi connectivity index (χ1) is 13.1. The number of hydrogen-bond acceptors (Lipinski definition) is 9. The monoisotopic (exact) mass is 387 g/mol. The number of nitrogens with two attached hydrogens (primary N) is 1. The molecule has 3 heterocycles. The van der Waals surface area contributed by atoms with E-state index >= 15 is 0 Å². The molecule has 1 saturated heterocycles. The van der Waals surface area contributed by atoms with Crippen molar-refractivity contribution in [3.63, 3.8) is 0 Å². The number of nitrogens with zero attached hydrogens (tertiary/aromatic N) is 4. The fourth-order valence-electron chi connectivity index (χ4n) is 3.57. The maximum Gasteiger partial charge on any atom is 0.320 e. The zero-order valence-electron chi connectivity index (χ0n) is 14.2. The van der Waals surface area contributed by atoms with Crippen LogP contribution >= 0.6 is 0 Å². The molecule has 10 nitrogen and oxygen atoms in total. The van der Waals surface area contributed by atoms with Crippen molar-refractivity contribution in [3.8, 4) is 6.01 Å². The molecule has 0 aromatic carbocycles. The van der Waals surface area contributed by atoms with E-state index in [4.69, 9.17) is 15.2 Å². The van der Waals surface area contributed by atoms with Gasteiger partial charge in [-0.25, -0.2) is 4.98 Å². The Bertz CT molecular complexity index is 802. The third kappa shape index (κ3) is 3.29. The van der Waals surface area contributed by atoms with Gasteiger partial charge in [0.2, 0.25) is 0 Å². The Morgan fingerprint density at radius 2 is 2.07 bits per heavy atom. The molecule has 27 heavy (non-hydrogen) atoms. The Labute approximate surface area is 152 Å². The first kappa shape index (κ1) is 18.2. The van der Waals surface area contributed by atoms with Crippen molar-refractivity contribution in [2.24, 2.45) is 0 Å². The second-order valence-corrected chi connectivity index (χ2v) is 6.62. The van der Waals surface area contributed by atoms with Crippen LogP contribution in [0.4, 0.5) is 14.9 Å². The van der Waals surface area contributed by atoms with Gasteiger partial charge in [0.05, 0.1) is 6.33 Å². The number of nitrogen functional groups attached to an aromatic ring is 1. The summed E-state index contributed by atoms with van der Waals surface area (Å²) in [6.07, 6.45) is 0.112. The normalized spacial score (nSPS) is 29.0. The lowest BCUT2D eigenvalue weighted by Crippen LogP contribution is -2.34. The number of halogens is 2. The van der Waals surface area contributed by atoms with E-state index in [2.05, 4.69) is 24.8 Å². The van der Waals surface area contributed by atoms with E-state index in [0.717, 1.165) is 25.7 Å². The Balaban J connectivity index is 1.66. The van der Waals surface area contributed by atoms with Crippen LogP contribution in [0.15, 0.2) is 6.33 Å². The summed E-state index contributed by atoms with van der Waals surface area (Å²) in [5.74, 6) is 0.0983. The minimum Gasteiger partial charge on any atom is -0.460 e. The van der Waals surface area contributed by atoms with Gasteiger partial charge in [0, 0.05) is 0 Å². The van der Waals surface area contributed by atoms with E-state index in [-0.39, 0.29) is 29.1 Å². The third-order valence-corrected chi connectivity index (χ3v) is 4.92. The van der Waals surface area contributed by atoms with Crippen molar-refractivity contribution in [2.45, 2.75) is 56.3 Å². The molecule has 12 heteroatoms. The summed E-state index contributed by atoms with van der Waals surface area (Å²) >= 11 is 0. The summed E-state index contributed by atoms with van der Waals surface area (Å²) in [5, 5.41) is 10.3. The van der Waals surface area contributed by atoms with Crippen LogP contribution in [0.25, 0.3) is 11.2 Å². The Hall–Kier alpha value is -2.15. The van der Waals surface area contributed by atoms with Gasteiger partial charge in [0.1, 0.15) is 24.9 Å². The molecule has 148 valence electrons. The van der Waals surface area contributed by atoms with Gasteiger partial charge in [-0.05, 0) is 34.7 Å². The first-order valence-corrected chi connectivity index (χ1v) is 8.63. The highest BCUT2D eigenvalue weighted by atomic mass is 19.3. The summed E-state index contributed by atoms with van der Waals surface area (Å²) in [5.41, 5.74) is 6.45. The maximum absolute atomic E-state index is 12.8. The van der Waals surface area contributed by atoms with Crippen molar-refractivity contribution in [2.75, 3.05) is 12.3 Å². The van der Waals surface area contributed by atoms with Gasteiger partial charge in [-0.1, -0.05) is 0 Å². The van der Waals surface area contributed by atoms with Crippen LogP contribution in [-0.2, 0) is 14.6 Å². The molecular formula is C15H19F2N5O5. The van der Waals surface area contributed by atoms with Gasteiger partial charge in [-0.15, -0.1) is 0 Å². The second kappa shape index (κ2) is 7.46. The molecule has 4 rings (SSSR count). The molecule has 0 bridgehead atoms. The van der Waals surface area contributed by atoms with E-state index in [1.54, 1.807) is 0 Å². The molecule has 0 spiro atoms. The van der Waals surface area contributed by atoms with Crippen LogP contribution < -0.4 is 10.5 Å². The predicted molar refractivity (Wildman–Crippen MR) is 85.6 cm³/mol. The number of fused-ring (bicyclic) bond motifs is 1. The van der Waals surface area contributed by atoms with Gasteiger partial charge in [-0.2, -0.15) is 19.9 Å². The Kier molecular flexibility index (Phi) is 5.04. The number of ether oxygens (including phenoxy) is 2. The van der Waals surface area contributed by atoms with E-state index in [0.29, 0.717) is 0 Å². The summed E-state index contributed by atoms with van der Waals surface area (Å²) < 4.78 is 37.6. The number of rotatable bonds is 6. The van der Waals surface area contributed by atoms with Gasteiger partial charge in [-0.3, -0.25) is 4.57 Å². The smallest absolute Gasteiger partial charge is 0.320 e. The molecule has 1 aliphatic carbocycles. The number of imidazole rings is 1. The largest absolute Gasteiger partial charge is 0.460 e. The lowest BCUT2D eigenvalue weighted by Gasteiger charge is -2.17. The van der Waals surface area contributed by atoms with Gasteiger partial charge in [0.25, 0.3) is 0 Å².